The molecule has 0 amide bonds. The van der Waals surface area contributed by atoms with E-state index in [2.05, 4.69) is 15.5 Å². The monoisotopic (exact) mass is 245 g/mol. The Kier molecular flexibility index (Phi) is 2.98. The maximum absolute atomic E-state index is 9.39. The fraction of sp³-hybridized carbons (Fsp3) is 0.385. The summed E-state index contributed by atoms with van der Waals surface area (Å²) in [6.07, 6.45) is 2.65. The van der Waals surface area contributed by atoms with E-state index in [0.717, 1.165) is 18.0 Å². The van der Waals surface area contributed by atoms with Crippen LogP contribution in [0, 0.1) is 5.92 Å². The summed E-state index contributed by atoms with van der Waals surface area (Å²) in [5, 5.41) is 16.6. The summed E-state index contributed by atoms with van der Waals surface area (Å²) in [5.74, 6) is 2.12. The van der Waals surface area contributed by atoms with Crippen molar-refractivity contribution in [1.29, 1.82) is 0 Å². The summed E-state index contributed by atoms with van der Waals surface area (Å²) in [6.45, 7) is 1.62. The number of benzene rings is 1. The second-order valence-electron chi connectivity index (χ2n) is 4.64. The number of hydrogen-bond donors (Lipinski definition) is 2. The minimum atomic E-state index is 0.200. The molecule has 0 spiro atoms. The first-order valence-corrected chi connectivity index (χ1v) is 6.14. The van der Waals surface area contributed by atoms with Crippen molar-refractivity contribution in [2.45, 2.75) is 19.4 Å². The number of phenolic OH excluding ortho intramolecular Hbond substituents is 1. The van der Waals surface area contributed by atoms with Crippen LogP contribution in [0.5, 0.6) is 5.75 Å². The first-order chi connectivity index (χ1) is 8.81. The van der Waals surface area contributed by atoms with Crippen molar-refractivity contribution in [1.82, 2.24) is 15.5 Å². The summed E-state index contributed by atoms with van der Waals surface area (Å²) in [4.78, 5) is 4.29. The Bertz CT molecular complexity index is 535. The number of nitrogens with one attached hydrogen (secondary N) is 1. The quantitative estimate of drug-likeness (QED) is 0.842. The Hall–Kier alpha value is -1.88. The SMILES string of the molecule is Oc1cccc(-c2noc(CNCC3CC3)n2)c1. The Balaban J connectivity index is 1.64. The minimum absolute atomic E-state index is 0.200. The molecule has 1 aromatic heterocycles. The van der Waals surface area contributed by atoms with Crippen LogP contribution in [-0.4, -0.2) is 21.8 Å². The van der Waals surface area contributed by atoms with Crippen molar-refractivity contribution < 1.29 is 9.63 Å². The fourth-order valence-corrected chi connectivity index (χ4v) is 1.79. The molecule has 0 unspecified atom stereocenters. The van der Waals surface area contributed by atoms with Gasteiger partial charge in [0.15, 0.2) is 0 Å². The van der Waals surface area contributed by atoms with E-state index in [0.29, 0.717) is 18.3 Å². The molecule has 2 N–H and O–H groups in total. The van der Waals surface area contributed by atoms with Gasteiger partial charge in [0.2, 0.25) is 11.7 Å². The number of phenols is 1. The van der Waals surface area contributed by atoms with Gasteiger partial charge in [0.05, 0.1) is 6.54 Å². The van der Waals surface area contributed by atoms with Crippen LogP contribution in [-0.2, 0) is 6.54 Å². The smallest absolute Gasteiger partial charge is 0.240 e. The molecule has 0 aliphatic heterocycles. The van der Waals surface area contributed by atoms with Crippen LogP contribution < -0.4 is 5.32 Å². The number of nitrogens with zero attached hydrogens (tertiary/aromatic N) is 2. The third-order valence-electron chi connectivity index (χ3n) is 2.98. The van der Waals surface area contributed by atoms with Gasteiger partial charge in [0.1, 0.15) is 5.75 Å². The predicted molar refractivity (Wildman–Crippen MR) is 65.8 cm³/mol. The number of aromatic hydroxyl groups is 1. The van der Waals surface area contributed by atoms with E-state index >= 15 is 0 Å². The normalized spacial score (nSPS) is 14.9. The maximum Gasteiger partial charge on any atom is 0.240 e. The topological polar surface area (TPSA) is 71.2 Å². The molecule has 1 aliphatic carbocycles. The van der Waals surface area contributed by atoms with Gasteiger partial charge in [-0.15, -0.1) is 0 Å². The third kappa shape index (κ3) is 2.68. The van der Waals surface area contributed by atoms with Crippen LogP contribution in [0.15, 0.2) is 28.8 Å². The molecule has 5 nitrogen and oxygen atoms in total. The molecule has 1 saturated carbocycles. The molecule has 1 heterocycles. The second-order valence-corrected chi connectivity index (χ2v) is 4.64. The van der Waals surface area contributed by atoms with Crippen LogP contribution in [0.1, 0.15) is 18.7 Å². The zero-order chi connectivity index (χ0) is 12.4. The van der Waals surface area contributed by atoms with Gasteiger partial charge in [-0.25, -0.2) is 0 Å². The lowest BCUT2D eigenvalue weighted by Gasteiger charge is -1.97. The molecule has 1 aromatic carbocycles. The highest BCUT2D eigenvalue weighted by atomic mass is 16.5. The van der Waals surface area contributed by atoms with Crippen molar-refractivity contribution in [3.05, 3.63) is 30.2 Å². The molecular weight excluding hydrogens is 230 g/mol. The first kappa shape index (κ1) is 11.2. The van der Waals surface area contributed by atoms with E-state index < -0.39 is 0 Å². The Morgan fingerprint density at radius 2 is 2.28 bits per heavy atom. The van der Waals surface area contributed by atoms with Crippen molar-refractivity contribution in [2.75, 3.05) is 6.54 Å². The van der Waals surface area contributed by atoms with E-state index in [1.54, 1.807) is 18.2 Å². The van der Waals surface area contributed by atoms with Gasteiger partial charge >= 0.3 is 0 Å². The lowest BCUT2D eigenvalue weighted by molar-refractivity contribution is 0.367. The molecule has 1 fully saturated rings. The highest BCUT2D eigenvalue weighted by Crippen LogP contribution is 2.27. The van der Waals surface area contributed by atoms with Crippen LogP contribution >= 0.6 is 0 Å². The lowest BCUT2D eigenvalue weighted by atomic mass is 10.2. The fourth-order valence-electron chi connectivity index (χ4n) is 1.79. The van der Waals surface area contributed by atoms with Crippen molar-refractivity contribution in [2.24, 2.45) is 5.92 Å². The molecule has 0 bridgehead atoms. The largest absolute Gasteiger partial charge is 0.508 e. The number of aromatic nitrogens is 2. The molecule has 3 rings (SSSR count). The molecule has 1 aliphatic rings. The molecular formula is C13H15N3O2. The van der Waals surface area contributed by atoms with Gasteiger partial charge in [0, 0.05) is 5.56 Å². The first-order valence-electron chi connectivity index (χ1n) is 6.14. The lowest BCUT2D eigenvalue weighted by Crippen LogP contribution is -2.16. The van der Waals surface area contributed by atoms with Gasteiger partial charge in [-0.05, 0) is 37.4 Å². The summed E-state index contributed by atoms with van der Waals surface area (Å²) in [5.41, 5.74) is 0.757. The molecule has 0 atom stereocenters. The van der Waals surface area contributed by atoms with E-state index in [9.17, 15) is 5.11 Å². The standard InChI is InChI=1S/C13H15N3O2/c17-11-3-1-2-10(6-11)13-15-12(18-16-13)8-14-7-9-4-5-9/h1-3,6,9,14,17H,4-5,7-8H2. The van der Waals surface area contributed by atoms with E-state index in [1.165, 1.54) is 12.8 Å². The third-order valence-corrected chi connectivity index (χ3v) is 2.98. The van der Waals surface area contributed by atoms with Crippen molar-refractivity contribution in [3.63, 3.8) is 0 Å². The van der Waals surface area contributed by atoms with E-state index in [1.807, 2.05) is 6.07 Å². The van der Waals surface area contributed by atoms with Gasteiger partial charge in [-0.3, -0.25) is 0 Å². The summed E-state index contributed by atoms with van der Waals surface area (Å²) >= 11 is 0. The Morgan fingerprint density at radius 1 is 1.39 bits per heavy atom. The maximum atomic E-state index is 9.39. The average Bonchev–Trinajstić information content (AvgIpc) is 3.06. The van der Waals surface area contributed by atoms with Crippen molar-refractivity contribution in [3.8, 4) is 17.1 Å². The highest BCUT2D eigenvalue weighted by molar-refractivity contribution is 5.56. The molecule has 0 radical (unpaired) electrons. The van der Waals surface area contributed by atoms with Gasteiger partial charge in [-0.2, -0.15) is 4.98 Å². The zero-order valence-corrected chi connectivity index (χ0v) is 9.97. The Morgan fingerprint density at radius 3 is 3.06 bits per heavy atom. The molecule has 0 saturated heterocycles. The molecule has 94 valence electrons. The Labute approximate surface area is 105 Å². The summed E-state index contributed by atoms with van der Waals surface area (Å²) in [6, 6.07) is 6.83. The average molecular weight is 245 g/mol. The molecule has 5 heteroatoms. The second kappa shape index (κ2) is 4.78. The summed E-state index contributed by atoms with van der Waals surface area (Å²) < 4.78 is 5.16. The highest BCUT2D eigenvalue weighted by Gasteiger charge is 2.20. The summed E-state index contributed by atoms with van der Waals surface area (Å²) in [7, 11) is 0. The van der Waals surface area contributed by atoms with Gasteiger partial charge in [0.25, 0.3) is 0 Å². The number of rotatable bonds is 5. The van der Waals surface area contributed by atoms with E-state index in [-0.39, 0.29) is 5.75 Å². The van der Waals surface area contributed by atoms with Gasteiger partial charge in [-0.1, -0.05) is 17.3 Å². The van der Waals surface area contributed by atoms with Crippen LogP contribution in [0.25, 0.3) is 11.4 Å². The van der Waals surface area contributed by atoms with E-state index in [4.69, 9.17) is 4.52 Å². The molecule has 18 heavy (non-hydrogen) atoms. The number of hydrogen-bond acceptors (Lipinski definition) is 5. The van der Waals surface area contributed by atoms with Gasteiger partial charge < -0.3 is 14.9 Å². The minimum Gasteiger partial charge on any atom is -0.508 e. The zero-order valence-electron chi connectivity index (χ0n) is 9.97. The van der Waals surface area contributed by atoms with Crippen LogP contribution in [0.2, 0.25) is 0 Å². The molecule has 2 aromatic rings. The van der Waals surface area contributed by atoms with Crippen molar-refractivity contribution >= 4 is 0 Å². The van der Waals surface area contributed by atoms with Crippen LogP contribution in [0.3, 0.4) is 0 Å². The van der Waals surface area contributed by atoms with Crippen LogP contribution in [0.4, 0.5) is 0 Å². The predicted octanol–water partition coefficient (Wildman–Crippen LogP) is 1.94.